The fourth-order valence-corrected chi connectivity index (χ4v) is 6.01. The summed E-state index contributed by atoms with van der Waals surface area (Å²) in [6, 6.07) is 29.7. The maximum Gasteiger partial charge on any atom is 0.336 e. The largest absolute Gasteiger partial charge is 0.478 e. The van der Waals surface area contributed by atoms with Crippen molar-refractivity contribution < 1.29 is 14.7 Å². The molecule has 5 nitrogen and oxygen atoms in total. The first kappa shape index (κ1) is 30.8. The molecular formula is C39H42N2O3. The summed E-state index contributed by atoms with van der Waals surface area (Å²) in [6.45, 7) is 13.7. The number of carboxylic acids is 1. The molecule has 226 valence electrons. The van der Waals surface area contributed by atoms with Crippen molar-refractivity contribution in [1.82, 2.24) is 9.88 Å². The fraction of sp³-hybridized carbons (Fsp3) is 0.282. The molecule has 1 unspecified atom stereocenters. The molecule has 0 aliphatic carbocycles. The lowest BCUT2D eigenvalue weighted by molar-refractivity contribution is 0.0697. The van der Waals surface area contributed by atoms with E-state index in [1.54, 1.807) is 12.1 Å². The van der Waals surface area contributed by atoms with Crippen LogP contribution < -0.4 is 5.32 Å². The van der Waals surface area contributed by atoms with E-state index in [4.69, 9.17) is 0 Å². The van der Waals surface area contributed by atoms with Gasteiger partial charge in [-0.3, -0.25) is 4.79 Å². The van der Waals surface area contributed by atoms with Gasteiger partial charge in [-0.2, -0.15) is 0 Å². The number of fused-ring (bicyclic) bond motifs is 1. The lowest BCUT2D eigenvalue weighted by Gasteiger charge is -2.22. The van der Waals surface area contributed by atoms with Gasteiger partial charge >= 0.3 is 5.97 Å². The number of carbonyl (C=O) groups excluding carboxylic acids is 1. The van der Waals surface area contributed by atoms with Crippen LogP contribution in [0.4, 0.5) is 0 Å². The quantitative estimate of drug-likeness (QED) is 0.171. The smallest absolute Gasteiger partial charge is 0.336 e. The third-order valence-electron chi connectivity index (χ3n) is 8.66. The Morgan fingerprint density at radius 3 is 2.20 bits per heavy atom. The highest BCUT2D eigenvalue weighted by Crippen LogP contribution is 2.30. The van der Waals surface area contributed by atoms with Gasteiger partial charge in [0.25, 0.3) is 5.91 Å². The van der Waals surface area contributed by atoms with E-state index in [2.05, 4.69) is 93.9 Å². The molecule has 0 saturated heterocycles. The van der Waals surface area contributed by atoms with Crippen LogP contribution in [0, 0.1) is 19.8 Å². The van der Waals surface area contributed by atoms with Crippen molar-refractivity contribution in [3.63, 3.8) is 0 Å². The van der Waals surface area contributed by atoms with Gasteiger partial charge in [-0.25, -0.2) is 4.79 Å². The summed E-state index contributed by atoms with van der Waals surface area (Å²) in [4.78, 5) is 25.3. The van der Waals surface area contributed by atoms with E-state index in [0.717, 1.165) is 45.3 Å². The molecule has 5 rings (SSSR count). The van der Waals surface area contributed by atoms with E-state index < -0.39 is 5.97 Å². The number of amides is 1. The molecule has 44 heavy (non-hydrogen) atoms. The van der Waals surface area contributed by atoms with Crippen LogP contribution >= 0.6 is 0 Å². The van der Waals surface area contributed by atoms with Crippen LogP contribution in [0.25, 0.3) is 22.0 Å². The zero-order valence-electron chi connectivity index (χ0n) is 26.5. The van der Waals surface area contributed by atoms with E-state index >= 15 is 0 Å². The van der Waals surface area contributed by atoms with Crippen LogP contribution in [0.15, 0.2) is 91.0 Å². The first-order chi connectivity index (χ1) is 21.0. The molecule has 1 heterocycles. The zero-order chi connectivity index (χ0) is 31.5. The molecule has 4 aromatic carbocycles. The van der Waals surface area contributed by atoms with Crippen molar-refractivity contribution in [2.75, 3.05) is 0 Å². The minimum Gasteiger partial charge on any atom is -0.478 e. The van der Waals surface area contributed by atoms with Gasteiger partial charge in [0.1, 0.15) is 0 Å². The monoisotopic (exact) mass is 586 g/mol. The lowest BCUT2D eigenvalue weighted by atomic mass is 9.93. The minimum absolute atomic E-state index is 0.0604. The standard InChI is InChI=1S/C39H42N2O3/c1-24(2)20-36(31-11-9-10-30(21-31)25(3)4)40-38(42)32-18-19-37-35(22-32)26(5)27(6)41(37)23-28-14-16-29(17-15-28)33-12-7-8-13-34(33)39(43)44/h7-19,21-22,24-25,36H,20,23H2,1-6H3,(H,40,42)(H,43,44). The van der Waals surface area contributed by atoms with Gasteiger partial charge in [-0.15, -0.1) is 0 Å². The van der Waals surface area contributed by atoms with Crippen molar-refractivity contribution >= 4 is 22.8 Å². The number of rotatable bonds is 10. The maximum absolute atomic E-state index is 13.6. The van der Waals surface area contributed by atoms with Crippen molar-refractivity contribution in [2.45, 2.75) is 66.5 Å². The molecule has 1 amide bonds. The number of benzene rings is 4. The predicted molar refractivity (Wildman–Crippen MR) is 180 cm³/mol. The number of nitrogens with zero attached hydrogens (tertiary/aromatic N) is 1. The second-order valence-corrected chi connectivity index (χ2v) is 12.6. The average Bonchev–Trinajstić information content (AvgIpc) is 3.25. The van der Waals surface area contributed by atoms with Gasteiger partial charge in [0.15, 0.2) is 0 Å². The van der Waals surface area contributed by atoms with Crippen LogP contribution in [0.2, 0.25) is 0 Å². The van der Waals surface area contributed by atoms with Crippen molar-refractivity contribution in [2.24, 2.45) is 5.92 Å². The van der Waals surface area contributed by atoms with E-state index in [0.29, 0.717) is 35.1 Å². The van der Waals surface area contributed by atoms with Crippen molar-refractivity contribution in [3.8, 4) is 11.1 Å². The van der Waals surface area contributed by atoms with Crippen molar-refractivity contribution in [1.29, 1.82) is 0 Å². The molecule has 5 aromatic rings. The average molecular weight is 587 g/mol. The number of hydrogen-bond donors (Lipinski definition) is 2. The Labute approximate surface area is 260 Å². The number of aryl methyl sites for hydroxylation is 1. The third-order valence-corrected chi connectivity index (χ3v) is 8.66. The Balaban J connectivity index is 1.39. The summed E-state index contributed by atoms with van der Waals surface area (Å²) >= 11 is 0. The molecule has 2 N–H and O–H groups in total. The van der Waals surface area contributed by atoms with E-state index in [1.165, 1.54) is 5.56 Å². The SMILES string of the molecule is Cc1c(C)n(Cc2ccc(-c3ccccc3C(=O)O)cc2)c2ccc(C(=O)NC(CC(C)C)c3cccc(C(C)C)c3)cc12. The highest BCUT2D eigenvalue weighted by atomic mass is 16.4. The Hall–Kier alpha value is -4.64. The Morgan fingerprint density at radius 1 is 0.818 bits per heavy atom. The van der Waals surface area contributed by atoms with Gasteiger partial charge in [-0.05, 0) is 89.8 Å². The Bertz CT molecular complexity index is 1810. The second kappa shape index (κ2) is 12.9. The second-order valence-electron chi connectivity index (χ2n) is 12.6. The number of carbonyl (C=O) groups is 2. The first-order valence-corrected chi connectivity index (χ1v) is 15.4. The van der Waals surface area contributed by atoms with Gasteiger partial charge in [0, 0.05) is 28.7 Å². The molecule has 0 bridgehead atoms. The molecule has 0 radical (unpaired) electrons. The van der Waals surface area contributed by atoms with Gasteiger partial charge in [-0.1, -0.05) is 94.4 Å². The first-order valence-electron chi connectivity index (χ1n) is 15.4. The number of hydrogen-bond acceptors (Lipinski definition) is 2. The van der Waals surface area contributed by atoms with E-state index in [-0.39, 0.29) is 11.9 Å². The van der Waals surface area contributed by atoms with Crippen LogP contribution in [0.5, 0.6) is 0 Å². The number of carboxylic acid groups (broad SMARTS) is 1. The third kappa shape index (κ3) is 6.47. The van der Waals surface area contributed by atoms with E-state index in [1.807, 2.05) is 36.4 Å². The number of aromatic nitrogens is 1. The summed E-state index contributed by atoms with van der Waals surface area (Å²) in [5, 5.41) is 14.0. The van der Waals surface area contributed by atoms with Crippen LogP contribution in [-0.4, -0.2) is 21.6 Å². The Morgan fingerprint density at radius 2 is 1.52 bits per heavy atom. The highest BCUT2D eigenvalue weighted by Gasteiger charge is 2.20. The summed E-state index contributed by atoms with van der Waals surface area (Å²) in [5.41, 5.74) is 9.47. The molecule has 0 spiro atoms. The minimum atomic E-state index is -0.932. The van der Waals surface area contributed by atoms with Crippen molar-refractivity contribution in [3.05, 3.63) is 130 Å². The summed E-state index contributed by atoms with van der Waals surface area (Å²) in [6.07, 6.45) is 0.866. The summed E-state index contributed by atoms with van der Waals surface area (Å²) in [5.74, 6) is -0.132. The number of aromatic carboxylic acids is 1. The molecule has 0 fully saturated rings. The predicted octanol–water partition coefficient (Wildman–Crippen LogP) is 9.31. The normalized spacial score (nSPS) is 12.2. The molecule has 1 atom stereocenters. The van der Waals surface area contributed by atoms with Gasteiger partial charge < -0.3 is 15.0 Å². The molecule has 0 saturated carbocycles. The van der Waals surface area contributed by atoms with Gasteiger partial charge in [0.2, 0.25) is 0 Å². The van der Waals surface area contributed by atoms with E-state index in [9.17, 15) is 14.7 Å². The summed E-state index contributed by atoms with van der Waals surface area (Å²) in [7, 11) is 0. The molecule has 0 aliphatic rings. The summed E-state index contributed by atoms with van der Waals surface area (Å²) < 4.78 is 2.28. The maximum atomic E-state index is 13.6. The highest BCUT2D eigenvalue weighted by molar-refractivity contribution is 5.99. The Kier molecular flexibility index (Phi) is 9.05. The van der Waals surface area contributed by atoms with Crippen LogP contribution in [-0.2, 0) is 6.54 Å². The number of nitrogens with one attached hydrogen (secondary N) is 1. The fourth-order valence-electron chi connectivity index (χ4n) is 6.01. The van der Waals surface area contributed by atoms with Gasteiger partial charge in [0.05, 0.1) is 11.6 Å². The molecule has 5 heteroatoms. The lowest BCUT2D eigenvalue weighted by Crippen LogP contribution is -2.29. The van der Waals surface area contributed by atoms with Crippen LogP contribution in [0.3, 0.4) is 0 Å². The molecule has 0 aliphatic heterocycles. The molecular weight excluding hydrogens is 544 g/mol. The topological polar surface area (TPSA) is 71.3 Å². The zero-order valence-corrected chi connectivity index (χ0v) is 26.5. The van der Waals surface area contributed by atoms with Crippen LogP contribution in [0.1, 0.15) is 94.7 Å². The molecule has 1 aromatic heterocycles.